The van der Waals surface area contributed by atoms with Gasteiger partial charge < -0.3 is 5.11 Å². The van der Waals surface area contributed by atoms with E-state index in [1.165, 1.54) is 0 Å². The first-order valence-corrected chi connectivity index (χ1v) is 7.93. The van der Waals surface area contributed by atoms with E-state index in [1.54, 1.807) is 0 Å². The zero-order valence-electron chi connectivity index (χ0n) is 8.62. The van der Waals surface area contributed by atoms with Gasteiger partial charge in [0.25, 0.3) is 0 Å². The molecule has 0 bridgehead atoms. The van der Waals surface area contributed by atoms with Gasteiger partial charge in [0.15, 0.2) is 0 Å². The van der Waals surface area contributed by atoms with Crippen LogP contribution in [-0.4, -0.2) is 13.9 Å². The third kappa shape index (κ3) is 7.34. The monoisotopic (exact) mass is 194 g/mol. The average Bonchev–Trinajstić information content (AvgIpc) is 2.05. The summed E-state index contributed by atoms with van der Waals surface area (Å²) in [5.41, 5.74) is 0.775. The van der Waals surface area contributed by atoms with Crippen molar-refractivity contribution in [2.75, 3.05) is 0 Å². The molecule has 0 aliphatic carbocycles. The summed E-state index contributed by atoms with van der Waals surface area (Å²) in [5.74, 6) is 0.121. The van der Waals surface area contributed by atoms with Gasteiger partial charge in [-0.1, -0.05) is 56.6 Å². The predicted molar refractivity (Wildman–Crippen MR) is 62.8 cm³/mol. The molecule has 0 heterocycles. The Labute approximate surface area is 82.3 Å². The predicted octanol–water partition coefficient (Wildman–Crippen LogP) is 3.32. The molecule has 0 radical (unpaired) electrons. The van der Waals surface area contributed by atoms with Crippen LogP contribution in [0.3, 0.4) is 0 Å². The number of hydrogen-bond acceptors (Lipinski definition) is 1. The lowest BCUT2D eigenvalue weighted by atomic mass is 10.2. The standard InChI is InChI=1S/C8H8O.C3H10Si/c1-7(9)8-5-3-2-4-6-8;1-4(2)3/h2-6,9H,1H2;4H,1-3H3. The van der Waals surface area contributed by atoms with Crippen LogP contribution in [0.25, 0.3) is 5.76 Å². The lowest BCUT2D eigenvalue weighted by Gasteiger charge is -1.93. The third-order valence-electron chi connectivity index (χ3n) is 1.11. The van der Waals surface area contributed by atoms with Crippen molar-refractivity contribution in [2.45, 2.75) is 19.6 Å². The fraction of sp³-hybridized carbons (Fsp3) is 0.273. The Balaban J connectivity index is 0.000000310. The highest BCUT2D eigenvalue weighted by molar-refractivity contribution is 6.54. The maximum Gasteiger partial charge on any atom is 0.115 e. The van der Waals surface area contributed by atoms with E-state index < -0.39 is 0 Å². The number of benzene rings is 1. The maximum absolute atomic E-state index is 8.83. The van der Waals surface area contributed by atoms with Gasteiger partial charge in [0.05, 0.1) is 0 Å². The Kier molecular flexibility index (Phi) is 5.98. The summed E-state index contributed by atoms with van der Waals surface area (Å²) in [6, 6.07) is 9.23. The van der Waals surface area contributed by atoms with Crippen LogP contribution in [0.1, 0.15) is 5.56 Å². The Morgan fingerprint density at radius 3 is 1.77 bits per heavy atom. The van der Waals surface area contributed by atoms with E-state index in [9.17, 15) is 0 Å². The van der Waals surface area contributed by atoms with Crippen molar-refractivity contribution in [2.24, 2.45) is 0 Å². The fourth-order valence-corrected chi connectivity index (χ4v) is 0.631. The van der Waals surface area contributed by atoms with Crippen LogP contribution in [0.2, 0.25) is 19.6 Å². The molecule has 0 aliphatic heterocycles. The van der Waals surface area contributed by atoms with Gasteiger partial charge in [0.1, 0.15) is 5.76 Å². The second kappa shape index (κ2) is 6.49. The lowest BCUT2D eigenvalue weighted by molar-refractivity contribution is 0.514. The number of aliphatic hydroxyl groups is 1. The van der Waals surface area contributed by atoms with Gasteiger partial charge >= 0.3 is 0 Å². The molecule has 0 aliphatic rings. The topological polar surface area (TPSA) is 20.2 Å². The molecular weight excluding hydrogens is 176 g/mol. The summed E-state index contributed by atoms with van der Waals surface area (Å²) in [6.45, 7) is 10.3. The summed E-state index contributed by atoms with van der Waals surface area (Å²) in [6.07, 6.45) is 0. The van der Waals surface area contributed by atoms with Gasteiger partial charge in [-0.15, -0.1) is 0 Å². The minimum absolute atomic E-state index is 0.121. The van der Waals surface area contributed by atoms with Crippen molar-refractivity contribution >= 4 is 14.6 Å². The van der Waals surface area contributed by atoms with Gasteiger partial charge in [-0.25, -0.2) is 0 Å². The number of aliphatic hydroxyl groups excluding tert-OH is 1. The first-order chi connectivity index (χ1) is 6.04. The highest BCUT2D eigenvalue weighted by Gasteiger charge is 1.89. The summed E-state index contributed by atoms with van der Waals surface area (Å²) in [7, 11) is -0.139. The van der Waals surface area contributed by atoms with Gasteiger partial charge in [-0.05, 0) is 0 Å². The molecule has 13 heavy (non-hydrogen) atoms. The minimum atomic E-state index is -0.139. The highest BCUT2D eigenvalue weighted by Crippen LogP contribution is 2.06. The maximum atomic E-state index is 8.83. The van der Waals surface area contributed by atoms with Crippen molar-refractivity contribution < 1.29 is 5.11 Å². The zero-order chi connectivity index (χ0) is 10.3. The molecular formula is C11H18OSi. The summed E-state index contributed by atoms with van der Waals surface area (Å²) in [4.78, 5) is 0. The second-order valence-electron chi connectivity index (χ2n) is 3.54. The van der Waals surface area contributed by atoms with Crippen molar-refractivity contribution in [1.29, 1.82) is 0 Å². The SMILES string of the molecule is C=C(O)c1ccccc1.C[SiH](C)C. The molecule has 2 heteroatoms. The molecule has 0 aromatic heterocycles. The van der Waals surface area contributed by atoms with Crippen molar-refractivity contribution in [3.8, 4) is 0 Å². The van der Waals surface area contributed by atoms with Crippen LogP contribution >= 0.6 is 0 Å². The summed E-state index contributed by atoms with van der Waals surface area (Å²) in [5, 5.41) is 8.83. The minimum Gasteiger partial charge on any atom is -0.508 e. The smallest absolute Gasteiger partial charge is 0.115 e. The lowest BCUT2D eigenvalue weighted by Crippen LogP contribution is -1.84. The van der Waals surface area contributed by atoms with E-state index in [0.717, 1.165) is 5.56 Å². The van der Waals surface area contributed by atoms with Crippen LogP contribution in [0.4, 0.5) is 0 Å². The van der Waals surface area contributed by atoms with E-state index in [2.05, 4.69) is 26.2 Å². The van der Waals surface area contributed by atoms with Crippen LogP contribution in [-0.2, 0) is 0 Å². The summed E-state index contributed by atoms with van der Waals surface area (Å²) >= 11 is 0. The number of rotatable bonds is 1. The Morgan fingerprint density at radius 2 is 1.54 bits per heavy atom. The van der Waals surface area contributed by atoms with E-state index in [1.807, 2.05) is 30.3 Å². The van der Waals surface area contributed by atoms with Crippen molar-refractivity contribution in [1.82, 2.24) is 0 Å². The molecule has 0 unspecified atom stereocenters. The Bertz CT molecular complexity index is 239. The molecule has 0 saturated carbocycles. The summed E-state index contributed by atoms with van der Waals surface area (Å²) < 4.78 is 0. The van der Waals surface area contributed by atoms with E-state index >= 15 is 0 Å². The van der Waals surface area contributed by atoms with Gasteiger partial charge in [0, 0.05) is 14.4 Å². The van der Waals surface area contributed by atoms with Crippen LogP contribution < -0.4 is 0 Å². The molecule has 0 atom stereocenters. The van der Waals surface area contributed by atoms with E-state index in [4.69, 9.17) is 5.11 Å². The molecule has 0 spiro atoms. The Hall–Kier alpha value is -1.02. The van der Waals surface area contributed by atoms with Crippen LogP contribution in [0.15, 0.2) is 36.9 Å². The average molecular weight is 194 g/mol. The first-order valence-electron chi connectivity index (χ1n) is 4.47. The second-order valence-corrected chi connectivity index (χ2v) is 7.01. The van der Waals surface area contributed by atoms with Crippen molar-refractivity contribution in [3.63, 3.8) is 0 Å². The largest absolute Gasteiger partial charge is 0.508 e. The molecule has 72 valence electrons. The van der Waals surface area contributed by atoms with Gasteiger partial charge in [-0.2, -0.15) is 0 Å². The molecule has 0 amide bonds. The van der Waals surface area contributed by atoms with Crippen molar-refractivity contribution in [3.05, 3.63) is 42.5 Å². The molecule has 1 aromatic carbocycles. The fourth-order valence-electron chi connectivity index (χ4n) is 0.631. The third-order valence-corrected chi connectivity index (χ3v) is 1.11. The van der Waals surface area contributed by atoms with E-state index in [0.29, 0.717) is 0 Å². The molecule has 0 saturated heterocycles. The normalized spacial score (nSPS) is 8.92. The first kappa shape index (κ1) is 12.0. The number of hydrogen-bond donors (Lipinski definition) is 1. The van der Waals surface area contributed by atoms with Gasteiger partial charge in [-0.3, -0.25) is 0 Å². The quantitative estimate of drug-likeness (QED) is 0.537. The molecule has 1 rings (SSSR count). The van der Waals surface area contributed by atoms with Gasteiger partial charge in [0.2, 0.25) is 0 Å². The molecule has 0 fully saturated rings. The zero-order valence-corrected chi connectivity index (χ0v) is 9.77. The highest BCUT2D eigenvalue weighted by atomic mass is 28.3. The molecule has 1 nitrogen and oxygen atoms in total. The van der Waals surface area contributed by atoms with E-state index in [-0.39, 0.29) is 14.6 Å². The molecule has 1 N–H and O–H groups in total. The van der Waals surface area contributed by atoms with Crippen LogP contribution in [0, 0.1) is 0 Å². The van der Waals surface area contributed by atoms with Crippen LogP contribution in [0.5, 0.6) is 0 Å². The Morgan fingerprint density at radius 1 is 1.15 bits per heavy atom. The molecule has 1 aromatic rings.